The molecule has 0 radical (unpaired) electrons. The number of ether oxygens (including phenoxy) is 1. The molecule has 0 aliphatic heterocycles. The summed E-state index contributed by atoms with van der Waals surface area (Å²) in [4.78, 5) is 18.5. The Morgan fingerprint density at radius 1 is 1.38 bits per heavy atom. The highest BCUT2D eigenvalue weighted by atomic mass is 32.2. The van der Waals surface area contributed by atoms with Gasteiger partial charge in [0.15, 0.2) is 5.16 Å². The second-order valence-electron chi connectivity index (χ2n) is 4.78. The lowest BCUT2D eigenvalue weighted by molar-refractivity contribution is 0.0631. The molecule has 0 fully saturated rings. The first-order chi connectivity index (χ1) is 10.0. The number of aromatic amines is 1. The van der Waals surface area contributed by atoms with Crippen LogP contribution in [-0.4, -0.2) is 16.1 Å². The van der Waals surface area contributed by atoms with E-state index in [9.17, 15) is 9.18 Å². The second kappa shape index (κ2) is 7.38. The fourth-order valence-electron chi connectivity index (χ4n) is 1.64. The van der Waals surface area contributed by atoms with Crippen LogP contribution in [0.4, 0.5) is 4.39 Å². The molecule has 0 saturated carbocycles. The average molecular weight is 308 g/mol. The quantitative estimate of drug-likeness (QED) is 0.658. The molecule has 0 spiro atoms. The Balaban J connectivity index is 2.06. The summed E-state index contributed by atoms with van der Waals surface area (Å²) in [5, 5.41) is 0.466. The van der Waals surface area contributed by atoms with Gasteiger partial charge in [0.1, 0.15) is 5.82 Å². The monoisotopic (exact) mass is 308 g/mol. The van der Waals surface area contributed by atoms with E-state index in [1.807, 2.05) is 13.8 Å². The van der Waals surface area contributed by atoms with Crippen LogP contribution < -0.4 is 5.56 Å². The first-order valence-corrected chi connectivity index (χ1v) is 7.61. The maximum absolute atomic E-state index is 13.5. The Hall–Kier alpha value is -1.66. The Bertz CT molecular complexity index is 658. The minimum absolute atomic E-state index is 0.0700. The number of hydrogen-bond acceptors (Lipinski definition) is 4. The van der Waals surface area contributed by atoms with E-state index < -0.39 is 0 Å². The summed E-state index contributed by atoms with van der Waals surface area (Å²) < 4.78 is 19.0. The molecule has 1 aromatic heterocycles. The van der Waals surface area contributed by atoms with Crippen molar-refractivity contribution in [1.29, 1.82) is 0 Å². The highest BCUT2D eigenvalue weighted by molar-refractivity contribution is 7.98. The van der Waals surface area contributed by atoms with Crippen LogP contribution in [0.15, 0.2) is 40.3 Å². The smallest absolute Gasteiger partial charge is 0.251 e. The number of aromatic nitrogens is 2. The zero-order chi connectivity index (χ0) is 15.2. The molecule has 0 atom stereocenters. The fourth-order valence-corrected chi connectivity index (χ4v) is 2.52. The molecule has 2 rings (SSSR count). The Kier molecular flexibility index (Phi) is 5.52. The maximum Gasteiger partial charge on any atom is 0.251 e. The Morgan fingerprint density at radius 3 is 2.86 bits per heavy atom. The van der Waals surface area contributed by atoms with Crippen LogP contribution in [0.25, 0.3) is 0 Å². The molecular formula is C15H17FN2O2S. The third-order valence-electron chi connectivity index (χ3n) is 2.66. The molecule has 0 bridgehead atoms. The number of hydrogen-bond donors (Lipinski definition) is 1. The molecule has 0 saturated heterocycles. The number of nitrogens with zero attached hydrogens (tertiary/aromatic N) is 1. The number of rotatable bonds is 6. The van der Waals surface area contributed by atoms with Crippen molar-refractivity contribution in [3.63, 3.8) is 0 Å². The number of halogens is 1. The van der Waals surface area contributed by atoms with Crippen LogP contribution in [0.5, 0.6) is 0 Å². The third-order valence-corrected chi connectivity index (χ3v) is 3.58. The van der Waals surface area contributed by atoms with Crippen molar-refractivity contribution in [1.82, 2.24) is 9.97 Å². The molecule has 0 aliphatic rings. The van der Waals surface area contributed by atoms with Gasteiger partial charge in [-0.1, -0.05) is 30.0 Å². The summed E-state index contributed by atoms with van der Waals surface area (Å²) in [5.74, 6) is 0.149. The minimum atomic E-state index is -0.258. The van der Waals surface area contributed by atoms with Crippen LogP contribution in [0.1, 0.15) is 25.1 Å². The lowest BCUT2D eigenvalue weighted by Gasteiger charge is -2.08. The van der Waals surface area contributed by atoms with Crippen LogP contribution >= 0.6 is 11.8 Å². The largest absolute Gasteiger partial charge is 0.373 e. The molecule has 1 heterocycles. The van der Waals surface area contributed by atoms with Crippen LogP contribution in [0.3, 0.4) is 0 Å². The van der Waals surface area contributed by atoms with Crippen molar-refractivity contribution in [3.05, 3.63) is 57.8 Å². The zero-order valence-electron chi connectivity index (χ0n) is 11.9. The molecule has 0 unspecified atom stereocenters. The lowest BCUT2D eigenvalue weighted by Crippen LogP contribution is -2.12. The number of nitrogens with one attached hydrogen (secondary N) is 1. The third kappa shape index (κ3) is 4.99. The van der Waals surface area contributed by atoms with Gasteiger partial charge in [-0.2, -0.15) is 0 Å². The van der Waals surface area contributed by atoms with E-state index in [4.69, 9.17) is 4.74 Å². The normalized spacial score (nSPS) is 11.0. The highest BCUT2D eigenvalue weighted by Crippen LogP contribution is 2.20. The molecule has 21 heavy (non-hydrogen) atoms. The van der Waals surface area contributed by atoms with E-state index in [-0.39, 0.29) is 24.1 Å². The highest BCUT2D eigenvalue weighted by Gasteiger charge is 2.06. The summed E-state index contributed by atoms with van der Waals surface area (Å²) in [6, 6.07) is 7.97. The molecule has 1 N–H and O–H groups in total. The molecule has 2 aromatic rings. The molecule has 0 aliphatic carbocycles. The summed E-state index contributed by atoms with van der Waals surface area (Å²) in [7, 11) is 0. The van der Waals surface area contributed by atoms with E-state index in [2.05, 4.69) is 9.97 Å². The number of thioether (sulfide) groups is 1. The van der Waals surface area contributed by atoms with Gasteiger partial charge in [0, 0.05) is 11.8 Å². The van der Waals surface area contributed by atoms with Gasteiger partial charge in [-0.15, -0.1) is 0 Å². The van der Waals surface area contributed by atoms with E-state index >= 15 is 0 Å². The van der Waals surface area contributed by atoms with Gasteiger partial charge in [0.05, 0.1) is 18.4 Å². The van der Waals surface area contributed by atoms with Gasteiger partial charge in [0.25, 0.3) is 5.56 Å². The van der Waals surface area contributed by atoms with Gasteiger partial charge < -0.3 is 9.72 Å². The molecule has 0 amide bonds. The Labute approximate surface area is 126 Å². The SMILES string of the molecule is CC(C)OCc1cc(=O)[nH]c(SCc2ccccc2F)n1. The first kappa shape index (κ1) is 15.7. The maximum atomic E-state index is 13.5. The lowest BCUT2D eigenvalue weighted by atomic mass is 10.2. The van der Waals surface area contributed by atoms with Crippen molar-refractivity contribution >= 4 is 11.8 Å². The molecule has 1 aromatic carbocycles. The van der Waals surface area contributed by atoms with Crippen molar-refractivity contribution in [3.8, 4) is 0 Å². The standard InChI is InChI=1S/C15H17FN2O2S/c1-10(2)20-8-12-7-14(19)18-15(17-12)21-9-11-5-3-4-6-13(11)16/h3-7,10H,8-9H2,1-2H3,(H,17,18,19). The van der Waals surface area contributed by atoms with Crippen molar-refractivity contribution in [2.24, 2.45) is 0 Å². The van der Waals surface area contributed by atoms with Crippen LogP contribution in [0, 0.1) is 5.82 Å². The van der Waals surface area contributed by atoms with E-state index in [0.717, 1.165) is 0 Å². The van der Waals surface area contributed by atoms with Crippen molar-refractivity contribution in [2.45, 2.75) is 37.5 Å². The summed E-state index contributed by atoms with van der Waals surface area (Å²) in [6.07, 6.45) is 0.0700. The van der Waals surface area contributed by atoms with Gasteiger partial charge in [0.2, 0.25) is 0 Å². The van der Waals surface area contributed by atoms with E-state index in [1.54, 1.807) is 18.2 Å². The number of benzene rings is 1. The van der Waals surface area contributed by atoms with Gasteiger partial charge >= 0.3 is 0 Å². The molecular weight excluding hydrogens is 291 g/mol. The fraction of sp³-hybridized carbons (Fsp3) is 0.333. The van der Waals surface area contributed by atoms with Crippen LogP contribution in [-0.2, 0) is 17.1 Å². The van der Waals surface area contributed by atoms with Gasteiger partial charge in [-0.05, 0) is 25.5 Å². The predicted molar refractivity (Wildman–Crippen MR) is 80.7 cm³/mol. The van der Waals surface area contributed by atoms with Gasteiger partial charge in [-0.3, -0.25) is 4.79 Å². The second-order valence-corrected chi connectivity index (χ2v) is 5.75. The summed E-state index contributed by atoms with van der Waals surface area (Å²) >= 11 is 1.29. The number of H-pyrrole nitrogens is 1. The van der Waals surface area contributed by atoms with E-state index in [1.165, 1.54) is 23.9 Å². The zero-order valence-corrected chi connectivity index (χ0v) is 12.7. The Morgan fingerprint density at radius 2 is 2.14 bits per heavy atom. The minimum Gasteiger partial charge on any atom is -0.373 e. The molecule has 6 heteroatoms. The average Bonchev–Trinajstić information content (AvgIpc) is 2.44. The predicted octanol–water partition coefficient (Wildman–Crippen LogP) is 3.13. The van der Waals surface area contributed by atoms with Crippen LogP contribution in [0.2, 0.25) is 0 Å². The van der Waals surface area contributed by atoms with Crippen molar-refractivity contribution in [2.75, 3.05) is 0 Å². The molecule has 112 valence electrons. The topological polar surface area (TPSA) is 55.0 Å². The van der Waals surface area contributed by atoms with E-state index in [0.29, 0.717) is 22.2 Å². The molecule has 4 nitrogen and oxygen atoms in total. The summed E-state index contributed by atoms with van der Waals surface area (Å²) in [6.45, 7) is 4.12. The summed E-state index contributed by atoms with van der Waals surface area (Å²) in [5.41, 5.74) is 0.917. The van der Waals surface area contributed by atoms with Gasteiger partial charge in [-0.25, -0.2) is 9.37 Å². The van der Waals surface area contributed by atoms with Crippen molar-refractivity contribution < 1.29 is 9.13 Å². The first-order valence-electron chi connectivity index (χ1n) is 6.62.